The fraction of sp³-hybridized carbons (Fsp3) is 0.769. The summed E-state index contributed by atoms with van der Waals surface area (Å²) in [6.45, 7) is 3.63. The van der Waals surface area contributed by atoms with Gasteiger partial charge in [0.1, 0.15) is 0 Å². The van der Waals surface area contributed by atoms with E-state index in [4.69, 9.17) is 14.5 Å². The van der Waals surface area contributed by atoms with Gasteiger partial charge in [-0.05, 0) is 12.8 Å². The minimum atomic E-state index is -0.156. The van der Waals surface area contributed by atoms with Crippen LogP contribution in [0.25, 0.3) is 0 Å². The zero-order valence-corrected chi connectivity index (χ0v) is 11.3. The first kappa shape index (κ1) is 14.0. The normalized spacial score (nSPS) is 17.5. The summed E-state index contributed by atoms with van der Waals surface area (Å²) in [6.07, 6.45) is 4.86. The van der Waals surface area contributed by atoms with Crippen molar-refractivity contribution in [2.45, 2.75) is 44.6 Å². The lowest BCUT2D eigenvalue weighted by atomic mass is 9.96. The van der Waals surface area contributed by atoms with Crippen molar-refractivity contribution in [1.29, 1.82) is 5.26 Å². The Balaban J connectivity index is 1.85. The van der Waals surface area contributed by atoms with Crippen LogP contribution in [0.5, 0.6) is 0 Å². The van der Waals surface area contributed by atoms with E-state index in [0.29, 0.717) is 25.5 Å². The lowest BCUT2D eigenvalue weighted by Gasteiger charge is -2.26. The molecule has 1 aliphatic carbocycles. The summed E-state index contributed by atoms with van der Waals surface area (Å²) in [7, 11) is 0. The first-order valence-electron chi connectivity index (χ1n) is 6.77. The Hall–Kier alpha value is -1.45. The van der Waals surface area contributed by atoms with Gasteiger partial charge in [-0.2, -0.15) is 10.2 Å². The standard InChI is InChI=1S/C13H20N4O2/c1-11-16-12(17-19-11)13(5-2-3-6-13)15-8-10-18-9-4-7-14/h15H,2-6,8-10H2,1H3. The van der Waals surface area contributed by atoms with E-state index in [1.807, 2.05) is 6.92 Å². The number of ether oxygens (including phenoxy) is 1. The molecule has 1 N–H and O–H groups in total. The second-order valence-electron chi connectivity index (χ2n) is 4.87. The summed E-state index contributed by atoms with van der Waals surface area (Å²) in [5, 5.41) is 16.0. The molecule has 0 atom stereocenters. The Bertz CT molecular complexity index is 432. The summed E-state index contributed by atoms with van der Waals surface area (Å²) < 4.78 is 10.5. The fourth-order valence-electron chi connectivity index (χ4n) is 2.53. The number of nitrogens with one attached hydrogen (secondary N) is 1. The molecule has 0 amide bonds. The zero-order valence-electron chi connectivity index (χ0n) is 11.3. The van der Waals surface area contributed by atoms with Crippen LogP contribution in [0.4, 0.5) is 0 Å². The van der Waals surface area contributed by atoms with Gasteiger partial charge < -0.3 is 14.6 Å². The highest BCUT2D eigenvalue weighted by Crippen LogP contribution is 2.36. The molecule has 1 saturated carbocycles. The Morgan fingerprint density at radius 2 is 2.21 bits per heavy atom. The van der Waals surface area contributed by atoms with Crippen molar-refractivity contribution in [3.63, 3.8) is 0 Å². The molecule has 0 bridgehead atoms. The maximum Gasteiger partial charge on any atom is 0.223 e. The van der Waals surface area contributed by atoms with E-state index in [1.54, 1.807) is 0 Å². The van der Waals surface area contributed by atoms with E-state index in [-0.39, 0.29) is 5.54 Å². The number of aryl methyl sites for hydroxylation is 1. The minimum Gasteiger partial charge on any atom is -0.379 e. The maximum atomic E-state index is 8.41. The van der Waals surface area contributed by atoms with Gasteiger partial charge in [-0.15, -0.1) is 0 Å². The molecule has 1 fully saturated rings. The topological polar surface area (TPSA) is 84.0 Å². The number of aromatic nitrogens is 2. The zero-order chi connectivity index (χ0) is 13.6. The lowest BCUT2D eigenvalue weighted by molar-refractivity contribution is 0.131. The van der Waals surface area contributed by atoms with E-state index >= 15 is 0 Å². The van der Waals surface area contributed by atoms with Crippen molar-refractivity contribution in [1.82, 2.24) is 15.5 Å². The molecule has 0 radical (unpaired) electrons. The lowest BCUT2D eigenvalue weighted by Crippen LogP contribution is -2.42. The summed E-state index contributed by atoms with van der Waals surface area (Å²) in [5.74, 6) is 1.37. The van der Waals surface area contributed by atoms with E-state index in [0.717, 1.165) is 25.2 Å². The Kier molecular flexibility index (Phi) is 4.88. The molecule has 1 heterocycles. The largest absolute Gasteiger partial charge is 0.379 e. The van der Waals surface area contributed by atoms with E-state index < -0.39 is 0 Å². The molecule has 1 aromatic rings. The van der Waals surface area contributed by atoms with Crippen LogP contribution < -0.4 is 5.32 Å². The van der Waals surface area contributed by atoms with Gasteiger partial charge in [0.05, 0.1) is 31.2 Å². The van der Waals surface area contributed by atoms with Gasteiger partial charge in [-0.1, -0.05) is 18.0 Å². The third kappa shape index (κ3) is 3.52. The van der Waals surface area contributed by atoms with Gasteiger partial charge in [0, 0.05) is 13.5 Å². The van der Waals surface area contributed by atoms with Crippen molar-refractivity contribution in [2.24, 2.45) is 0 Å². The molecular formula is C13H20N4O2. The summed E-state index contributed by atoms with van der Waals surface area (Å²) in [6, 6.07) is 2.06. The van der Waals surface area contributed by atoms with Gasteiger partial charge >= 0.3 is 0 Å². The first-order valence-corrected chi connectivity index (χ1v) is 6.77. The van der Waals surface area contributed by atoms with Gasteiger partial charge in [0.15, 0.2) is 5.82 Å². The predicted molar refractivity (Wildman–Crippen MR) is 68.2 cm³/mol. The predicted octanol–water partition coefficient (Wildman–Crippen LogP) is 1.67. The molecule has 0 unspecified atom stereocenters. The van der Waals surface area contributed by atoms with Gasteiger partial charge in [0.2, 0.25) is 5.89 Å². The quantitative estimate of drug-likeness (QED) is 0.754. The molecule has 6 nitrogen and oxygen atoms in total. The van der Waals surface area contributed by atoms with Crippen molar-refractivity contribution in [3.8, 4) is 6.07 Å². The van der Waals surface area contributed by atoms with Crippen molar-refractivity contribution >= 4 is 0 Å². The molecule has 0 saturated heterocycles. The molecule has 1 aliphatic rings. The second kappa shape index (κ2) is 6.64. The Morgan fingerprint density at radius 3 is 2.84 bits per heavy atom. The van der Waals surface area contributed by atoms with Crippen LogP contribution in [-0.2, 0) is 10.3 Å². The van der Waals surface area contributed by atoms with Crippen molar-refractivity contribution in [3.05, 3.63) is 11.7 Å². The molecule has 6 heteroatoms. The smallest absolute Gasteiger partial charge is 0.223 e. The van der Waals surface area contributed by atoms with E-state index in [2.05, 4.69) is 21.5 Å². The second-order valence-corrected chi connectivity index (χ2v) is 4.87. The van der Waals surface area contributed by atoms with Crippen LogP contribution >= 0.6 is 0 Å². The summed E-state index contributed by atoms with van der Waals surface area (Å²) in [4.78, 5) is 4.37. The molecule has 2 rings (SSSR count). The van der Waals surface area contributed by atoms with E-state index in [1.165, 1.54) is 12.8 Å². The monoisotopic (exact) mass is 264 g/mol. The third-order valence-corrected chi connectivity index (χ3v) is 3.48. The van der Waals surface area contributed by atoms with Crippen LogP contribution in [0.15, 0.2) is 4.52 Å². The molecule has 0 aliphatic heterocycles. The average molecular weight is 264 g/mol. The minimum absolute atomic E-state index is 0.156. The number of hydrogen-bond donors (Lipinski definition) is 1. The van der Waals surface area contributed by atoms with Crippen LogP contribution in [0.1, 0.15) is 43.8 Å². The van der Waals surface area contributed by atoms with Gasteiger partial charge in [-0.25, -0.2) is 0 Å². The molecule has 19 heavy (non-hydrogen) atoms. The summed E-state index contributed by atoms with van der Waals surface area (Å²) in [5.41, 5.74) is -0.156. The van der Waals surface area contributed by atoms with Crippen LogP contribution in [-0.4, -0.2) is 29.9 Å². The molecule has 0 spiro atoms. The molecular weight excluding hydrogens is 244 g/mol. The van der Waals surface area contributed by atoms with Crippen molar-refractivity contribution in [2.75, 3.05) is 19.8 Å². The van der Waals surface area contributed by atoms with Crippen LogP contribution in [0.3, 0.4) is 0 Å². The van der Waals surface area contributed by atoms with Gasteiger partial charge in [-0.3, -0.25) is 0 Å². The van der Waals surface area contributed by atoms with E-state index in [9.17, 15) is 0 Å². The summed E-state index contributed by atoms with van der Waals surface area (Å²) >= 11 is 0. The maximum absolute atomic E-state index is 8.41. The highest BCUT2D eigenvalue weighted by molar-refractivity contribution is 5.07. The van der Waals surface area contributed by atoms with Crippen LogP contribution in [0.2, 0.25) is 0 Å². The SMILES string of the molecule is Cc1nc(C2(NCCOCCC#N)CCCC2)no1. The number of nitriles is 1. The highest BCUT2D eigenvalue weighted by Gasteiger charge is 2.39. The number of hydrogen-bond acceptors (Lipinski definition) is 6. The Labute approximate surface area is 113 Å². The number of rotatable bonds is 7. The van der Waals surface area contributed by atoms with Crippen LogP contribution in [0, 0.1) is 18.3 Å². The molecule has 1 aromatic heterocycles. The third-order valence-electron chi connectivity index (χ3n) is 3.48. The highest BCUT2D eigenvalue weighted by atomic mass is 16.5. The molecule has 0 aromatic carbocycles. The molecule has 104 valence electrons. The Morgan fingerprint density at radius 1 is 1.42 bits per heavy atom. The van der Waals surface area contributed by atoms with Gasteiger partial charge in [0.25, 0.3) is 0 Å². The number of nitrogens with zero attached hydrogens (tertiary/aromatic N) is 3. The first-order chi connectivity index (χ1) is 9.27. The average Bonchev–Trinajstić information content (AvgIpc) is 3.03. The fourth-order valence-corrected chi connectivity index (χ4v) is 2.53. The van der Waals surface area contributed by atoms with Crippen molar-refractivity contribution < 1.29 is 9.26 Å².